The van der Waals surface area contributed by atoms with Crippen LogP contribution in [0.2, 0.25) is 0 Å². The molecule has 1 atom stereocenters. The molecule has 0 saturated heterocycles. The van der Waals surface area contributed by atoms with Gasteiger partial charge >= 0.3 is 0 Å². The van der Waals surface area contributed by atoms with E-state index in [9.17, 15) is 9.46 Å². The summed E-state index contributed by atoms with van der Waals surface area (Å²) in [6.45, 7) is 3.77. The van der Waals surface area contributed by atoms with Crippen molar-refractivity contribution in [3.05, 3.63) is 29.8 Å². The van der Waals surface area contributed by atoms with Crippen LogP contribution in [0.25, 0.3) is 0 Å². The summed E-state index contributed by atoms with van der Waals surface area (Å²) in [5, 5.41) is 0. The third-order valence-electron chi connectivity index (χ3n) is 6.82. The highest BCUT2D eigenvalue weighted by Crippen LogP contribution is 2.38. The van der Waals surface area contributed by atoms with E-state index in [2.05, 4.69) is 6.92 Å². The fourth-order valence-electron chi connectivity index (χ4n) is 4.37. The summed E-state index contributed by atoms with van der Waals surface area (Å²) in [5.41, 5.74) is 0.987. The summed E-state index contributed by atoms with van der Waals surface area (Å²) in [6.07, 6.45) is 22.2. The van der Waals surface area contributed by atoms with Crippen molar-refractivity contribution < 1.29 is 27.7 Å². The fourth-order valence-corrected chi connectivity index (χ4v) is 5.06. The highest BCUT2D eigenvalue weighted by molar-refractivity contribution is 7.45. The summed E-state index contributed by atoms with van der Waals surface area (Å²) in [5.74, 6) is 0.827. The number of ether oxygens (including phenoxy) is 1. The number of rotatable bonds is 26. The highest BCUT2D eigenvalue weighted by Gasteiger charge is 2.13. The van der Waals surface area contributed by atoms with Crippen LogP contribution in [0.1, 0.15) is 115 Å². The molecule has 38 heavy (non-hydrogen) atoms. The molecule has 0 heterocycles. The third kappa shape index (κ3) is 22.0. The molecule has 1 aromatic carbocycles. The quantitative estimate of drug-likeness (QED) is 0.0657. The molecule has 222 valence electrons. The summed E-state index contributed by atoms with van der Waals surface area (Å²) in [7, 11) is 1.68. The zero-order valence-electron chi connectivity index (χ0n) is 25.1. The molecule has 6 nitrogen and oxygen atoms in total. The largest absolute Gasteiger partial charge is 0.756 e. The lowest BCUT2D eigenvalue weighted by molar-refractivity contribution is -0.870. The van der Waals surface area contributed by atoms with E-state index < -0.39 is 7.82 Å². The number of phosphoric acid groups is 1. The van der Waals surface area contributed by atoms with Crippen molar-refractivity contribution >= 4 is 7.82 Å². The monoisotopic (exact) mass is 555 g/mol. The predicted molar refractivity (Wildman–Crippen MR) is 158 cm³/mol. The van der Waals surface area contributed by atoms with Gasteiger partial charge in [0.25, 0.3) is 7.82 Å². The van der Waals surface area contributed by atoms with Crippen LogP contribution in [-0.4, -0.2) is 52.0 Å². The van der Waals surface area contributed by atoms with Crippen molar-refractivity contribution in [1.82, 2.24) is 0 Å². The fraction of sp³-hybridized carbons (Fsp3) is 0.806. The van der Waals surface area contributed by atoms with E-state index in [1.54, 1.807) is 0 Å². The molecule has 0 aliphatic rings. The minimum absolute atomic E-state index is 0.0632. The van der Waals surface area contributed by atoms with Crippen molar-refractivity contribution in [2.75, 3.05) is 47.5 Å². The number of hydrogen-bond acceptors (Lipinski definition) is 5. The summed E-state index contributed by atoms with van der Waals surface area (Å²) < 4.78 is 28.4. The maximum atomic E-state index is 11.9. The van der Waals surface area contributed by atoms with E-state index in [0.29, 0.717) is 24.1 Å². The molecule has 0 radical (unpaired) electrons. The van der Waals surface area contributed by atoms with Crippen LogP contribution >= 0.6 is 7.82 Å². The van der Waals surface area contributed by atoms with Gasteiger partial charge in [0.05, 0.1) is 34.4 Å². The van der Waals surface area contributed by atoms with Gasteiger partial charge in [-0.15, -0.1) is 0 Å². The van der Waals surface area contributed by atoms with E-state index in [1.807, 2.05) is 45.4 Å². The second-order valence-electron chi connectivity index (χ2n) is 11.7. The molecule has 1 aromatic rings. The first-order valence-corrected chi connectivity index (χ1v) is 16.8. The Morgan fingerprint density at radius 1 is 0.711 bits per heavy atom. The Hall–Kier alpha value is -0.910. The zero-order valence-corrected chi connectivity index (χ0v) is 26.0. The molecule has 0 aliphatic heterocycles. The Bertz CT molecular complexity index is 737. The molecule has 0 N–H and O–H groups in total. The van der Waals surface area contributed by atoms with Gasteiger partial charge in [-0.05, 0) is 30.5 Å². The van der Waals surface area contributed by atoms with Crippen molar-refractivity contribution in [2.24, 2.45) is 0 Å². The van der Waals surface area contributed by atoms with Crippen molar-refractivity contribution in [2.45, 2.75) is 116 Å². The Balaban J connectivity index is 1.99. The van der Waals surface area contributed by atoms with Crippen LogP contribution in [0.3, 0.4) is 0 Å². The van der Waals surface area contributed by atoms with Gasteiger partial charge in [0.2, 0.25) is 0 Å². The standard InChI is InChI=1S/C31H58NO5P/c1-5-6-7-8-9-10-11-12-13-14-15-16-17-18-19-20-26-35-31-23-21-22-30(29-31)24-27-36-38(33,34)37-28-25-32(2,3)4/h21-23,29H,5-20,24-28H2,1-4H3. The van der Waals surface area contributed by atoms with Gasteiger partial charge in [-0.1, -0.05) is 115 Å². The third-order valence-corrected chi connectivity index (χ3v) is 7.81. The molecule has 0 saturated carbocycles. The number of phosphoric ester groups is 1. The molecule has 1 unspecified atom stereocenters. The smallest absolute Gasteiger partial charge is 0.268 e. The first-order valence-electron chi connectivity index (χ1n) is 15.3. The van der Waals surface area contributed by atoms with Gasteiger partial charge in [-0.25, -0.2) is 0 Å². The van der Waals surface area contributed by atoms with Crippen molar-refractivity contribution in [3.8, 4) is 5.75 Å². The van der Waals surface area contributed by atoms with Crippen molar-refractivity contribution in [1.29, 1.82) is 0 Å². The van der Waals surface area contributed by atoms with Crippen LogP contribution in [0, 0.1) is 0 Å². The molecular formula is C31H58NO5P. The van der Waals surface area contributed by atoms with Crippen LogP contribution in [0.15, 0.2) is 24.3 Å². The number of benzene rings is 1. The minimum Gasteiger partial charge on any atom is -0.756 e. The maximum absolute atomic E-state index is 11.9. The summed E-state index contributed by atoms with van der Waals surface area (Å²) >= 11 is 0. The van der Waals surface area contributed by atoms with E-state index >= 15 is 0 Å². The first kappa shape index (κ1) is 35.1. The average molecular weight is 556 g/mol. The number of quaternary nitrogens is 1. The van der Waals surface area contributed by atoms with Gasteiger partial charge in [-0.3, -0.25) is 4.57 Å². The van der Waals surface area contributed by atoms with Crippen molar-refractivity contribution in [3.63, 3.8) is 0 Å². The Morgan fingerprint density at radius 3 is 1.74 bits per heavy atom. The highest BCUT2D eigenvalue weighted by atomic mass is 31.2. The topological polar surface area (TPSA) is 67.8 Å². The van der Waals surface area contributed by atoms with E-state index in [1.165, 1.54) is 96.3 Å². The van der Waals surface area contributed by atoms with Gasteiger partial charge in [0, 0.05) is 0 Å². The number of hydrogen-bond donors (Lipinski definition) is 0. The van der Waals surface area contributed by atoms with E-state index in [0.717, 1.165) is 17.7 Å². The maximum Gasteiger partial charge on any atom is 0.268 e. The second kappa shape index (κ2) is 21.9. The Kier molecular flexibility index (Phi) is 20.2. The van der Waals surface area contributed by atoms with Crippen LogP contribution < -0.4 is 9.63 Å². The Morgan fingerprint density at radius 2 is 1.21 bits per heavy atom. The van der Waals surface area contributed by atoms with Crippen LogP contribution in [0.5, 0.6) is 5.75 Å². The lowest BCUT2D eigenvalue weighted by Crippen LogP contribution is -2.37. The minimum atomic E-state index is -4.27. The summed E-state index contributed by atoms with van der Waals surface area (Å²) in [4.78, 5) is 11.9. The molecule has 0 spiro atoms. The second-order valence-corrected chi connectivity index (χ2v) is 13.1. The van der Waals surface area contributed by atoms with Gasteiger partial charge in [-0.2, -0.15) is 0 Å². The van der Waals surface area contributed by atoms with Crippen LogP contribution in [-0.2, 0) is 20.0 Å². The predicted octanol–water partition coefficient (Wildman–Crippen LogP) is 8.08. The van der Waals surface area contributed by atoms with E-state index in [4.69, 9.17) is 13.8 Å². The molecule has 7 heteroatoms. The number of nitrogens with zero attached hydrogens (tertiary/aromatic N) is 1. The van der Waals surface area contributed by atoms with Gasteiger partial charge in [0.1, 0.15) is 18.9 Å². The Labute approximate surface area is 234 Å². The molecule has 0 aliphatic carbocycles. The van der Waals surface area contributed by atoms with Gasteiger partial charge < -0.3 is 23.2 Å². The molecule has 0 amide bonds. The zero-order chi connectivity index (χ0) is 28.0. The van der Waals surface area contributed by atoms with E-state index in [-0.39, 0.29) is 13.2 Å². The number of unbranched alkanes of at least 4 members (excludes halogenated alkanes) is 15. The SMILES string of the molecule is CCCCCCCCCCCCCCCCCCOc1cccc(CCOP(=O)([O-])OCC[N+](C)(C)C)c1. The average Bonchev–Trinajstić information content (AvgIpc) is 2.85. The lowest BCUT2D eigenvalue weighted by Gasteiger charge is -2.27. The lowest BCUT2D eigenvalue weighted by atomic mass is 10.0. The number of likely N-dealkylation sites (N-methyl/N-ethyl adjacent to an activating group) is 1. The molecular weight excluding hydrogens is 497 g/mol. The van der Waals surface area contributed by atoms with Gasteiger partial charge in [0.15, 0.2) is 0 Å². The molecule has 1 rings (SSSR count). The van der Waals surface area contributed by atoms with Crippen LogP contribution in [0.4, 0.5) is 0 Å². The summed E-state index contributed by atoms with van der Waals surface area (Å²) in [6, 6.07) is 7.80. The first-order chi connectivity index (χ1) is 18.2. The molecule has 0 aromatic heterocycles. The molecule has 0 fully saturated rings. The normalized spacial score (nSPS) is 13.5. The molecule has 0 bridgehead atoms.